The smallest absolute Gasteiger partial charge is 0.240 e. The second-order valence-corrected chi connectivity index (χ2v) is 7.39. The molecule has 6 heteroatoms. The van der Waals surface area contributed by atoms with E-state index in [0.717, 1.165) is 27.4 Å². The van der Waals surface area contributed by atoms with Gasteiger partial charge in [-0.1, -0.05) is 36.0 Å². The van der Waals surface area contributed by atoms with Gasteiger partial charge in [0.1, 0.15) is 0 Å². The molecule has 1 heterocycles. The summed E-state index contributed by atoms with van der Waals surface area (Å²) in [4.78, 5) is 22.5. The highest BCUT2D eigenvalue weighted by atomic mass is 32.2. The normalized spacial score (nSPS) is 11.9. The lowest BCUT2D eigenvalue weighted by Gasteiger charge is -2.24. The second-order valence-electron chi connectivity index (χ2n) is 6.06. The van der Waals surface area contributed by atoms with Crippen molar-refractivity contribution >= 4 is 34.4 Å². The van der Waals surface area contributed by atoms with Crippen LogP contribution < -0.4 is 4.90 Å². The van der Waals surface area contributed by atoms with Crippen molar-refractivity contribution in [3.8, 4) is 6.07 Å². The van der Waals surface area contributed by atoms with Crippen molar-refractivity contribution in [2.45, 2.75) is 30.7 Å². The van der Waals surface area contributed by atoms with Crippen LogP contribution in [-0.2, 0) is 4.79 Å². The summed E-state index contributed by atoms with van der Waals surface area (Å²) in [6.07, 6.45) is 0.294. The Morgan fingerprint density at radius 3 is 2.81 bits per heavy atom. The molecule has 0 radical (unpaired) electrons. The van der Waals surface area contributed by atoms with E-state index in [2.05, 4.69) is 16.0 Å². The van der Waals surface area contributed by atoms with E-state index in [9.17, 15) is 4.79 Å². The third kappa shape index (κ3) is 4.06. The largest absolute Gasteiger partial charge is 0.333 e. The molecule has 3 rings (SSSR count). The minimum Gasteiger partial charge on any atom is -0.333 e. The number of nitrogens with zero attached hydrogens (tertiary/aromatic N) is 3. The number of hydrogen-bond donors (Lipinski definition) is 1. The molecule has 0 saturated heterocycles. The van der Waals surface area contributed by atoms with E-state index >= 15 is 0 Å². The zero-order valence-corrected chi connectivity index (χ0v) is 15.6. The van der Waals surface area contributed by atoms with Crippen LogP contribution in [0, 0.1) is 18.3 Å². The highest BCUT2D eigenvalue weighted by Crippen LogP contribution is 2.26. The lowest BCUT2D eigenvalue weighted by molar-refractivity contribution is -0.117. The maximum Gasteiger partial charge on any atom is 0.240 e. The van der Waals surface area contributed by atoms with E-state index in [1.54, 1.807) is 4.90 Å². The van der Waals surface area contributed by atoms with Crippen LogP contribution in [0.25, 0.3) is 11.0 Å². The van der Waals surface area contributed by atoms with Crippen LogP contribution in [0.1, 0.15) is 18.9 Å². The molecule has 0 saturated carbocycles. The fourth-order valence-electron chi connectivity index (χ4n) is 2.73. The van der Waals surface area contributed by atoms with Gasteiger partial charge in [-0.3, -0.25) is 4.79 Å². The predicted molar refractivity (Wildman–Crippen MR) is 105 cm³/mol. The van der Waals surface area contributed by atoms with Crippen molar-refractivity contribution in [2.24, 2.45) is 0 Å². The molecule has 0 bridgehead atoms. The molecule has 132 valence electrons. The Kier molecular flexibility index (Phi) is 5.59. The van der Waals surface area contributed by atoms with Crippen LogP contribution in [0.5, 0.6) is 0 Å². The number of H-pyrrole nitrogens is 1. The van der Waals surface area contributed by atoms with Crippen molar-refractivity contribution in [3.63, 3.8) is 0 Å². The third-order valence-electron chi connectivity index (χ3n) is 4.03. The second kappa shape index (κ2) is 8.07. The zero-order chi connectivity index (χ0) is 18.5. The summed E-state index contributed by atoms with van der Waals surface area (Å²) in [5, 5.41) is 9.31. The van der Waals surface area contributed by atoms with Crippen molar-refractivity contribution in [3.05, 3.63) is 54.1 Å². The molecule has 1 N–H and O–H groups in total. The lowest BCUT2D eigenvalue weighted by atomic mass is 10.2. The van der Waals surface area contributed by atoms with Gasteiger partial charge < -0.3 is 9.88 Å². The van der Waals surface area contributed by atoms with Gasteiger partial charge in [-0.2, -0.15) is 5.26 Å². The number of thioether (sulfide) groups is 1. The molecule has 3 aromatic rings. The summed E-state index contributed by atoms with van der Waals surface area (Å²) in [6, 6.07) is 17.6. The first-order chi connectivity index (χ1) is 12.6. The Bertz CT molecular complexity index is 945. The number of amides is 1. The predicted octanol–water partition coefficient (Wildman–Crippen LogP) is 4.30. The van der Waals surface area contributed by atoms with E-state index in [1.807, 2.05) is 62.4 Å². The van der Waals surface area contributed by atoms with Gasteiger partial charge in [0.25, 0.3) is 0 Å². The molecular formula is C20H20N4OS. The van der Waals surface area contributed by atoms with Crippen molar-refractivity contribution < 1.29 is 4.79 Å². The molecule has 0 aliphatic heterocycles. The van der Waals surface area contributed by atoms with Gasteiger partial charge in [0.2, 0.25) is 5.91 Å². The van der Waals surface area contributed by atoms with Crippen molar-refractivity contribution in [2.75, 3.05) is 11.4 Å². The number of nitriles is 1. The summed E-state index contributed by atoms with van der Waals surface area (Å²) >= 11 is 1.40. The number of aromatic nitrogens is 2. The summed E-state index contributed by atoms with van der Waals surface area (Å²) in [6.45, 7) is 4.28. The standard InChI is InChI=1S/C20H20N4OS/c1-14-9-10-17-18(13-14)23-20(22-17)26-15(2)19(25)24(12-6-11-21)16-7-4-3-5-8-16/h3-5,7-10,13,15H,6,12H2,1-2H3,(H,22,23). The van der Waals surface area contributed by atoms with Gasteiger partial charge in [-0.15, -0.1) is 0 Å². The molecule has 1 unspecified atom stereocenters. The number of carbonyl (C=O) groups excluding carboxylic acids is 1. The average Bonchev–Trinajstić information content (AvgIpc) is 3.04. The van der Waals surface area contributed by atoms with Crippen LogP contribution in [0.3, 0.4) is 0 Å². The minimum atomic E-state index is -0.324. The first-order valence-electron chi connectivity index (χ1n) is 8.45. The highest BCUT2D eigenvalue weighted by molar-refractivity contribution is 8.00. The van der Waals surface area contributed by atoms with Crippen molar-refractivity contribution in [1.82, 2.24) is 9.97 Å². The molecule has 5 nitrogen and oxygen atoms in total. The van der Waals surface area contributed by atoms with E-state index in [4.69, 9.17) is 5.26 Å². The molecule has 0 aliphatic carbocycles. The first kappa shape index (κ1) is 18.0. The van der Waals surface area contributed by atoms with Crippen LogP contribution >= 0.6 is 11.8 Å². The molecule has 0 fully saturated rings. The summed E-state index contributed by atoms with van der Waals surface area (Å²) in [5.74, 6) is -0.0342. The lowest BCUT2D eigenvalue weighted by Crippen LogP contribution is -2.37. The molecule has 1 atom stereocenters. The van der Waals surface area contributed by atoms with Crippen LogP contribution in [0.2, 0.25) is 0 Å². The molecule has 2 aromatic carbocycles. The van der Waals surface area contributed by atoms with E-state index in [-0.39, 0.29) is 11.2 Å². The topological polar surface area (TPSA) is 72.8 Å². The van der Waals surface area contributed by atoms with Gasteiger partial charge in [-0.25, -0.2) is 4.98 Å². The van der Waals surface area contributed by atoms with Crippen LogP contribution in [-0.4, -0.2) is 27.7 Å². The van der Waals surface area contributed by atoms with Gasteiger partial charge in [0.05, 0.1) is 28.8 Å². The van der Waals surface area contributed by atoms with Gasteiger partial charge in [-0.05, 0) is 43.7 Å². The Morgan fingerprint density at radius 1 is 1.31 bits per heavy atom. The molecule has 0 aliphatic rings. The van der Waals surface area contributed by atoms with Crippen molar-refractivity contribution in [1.29, 1.82) is 5.26 Å². The quantitative estimate of drug-likeness (QED) is 0.662. The van der Waals surface area contributed by atoms with Gasteiger partial charge in [0.15, 0.2) is 5.16 Å². The Hall–Kier alpha value is -2.78. The number of fused-ring (bicyclic) bond motifs is 1. The fourth-order valence-corrected chi connectivity index (χ4v) is 3.61. The number of aromatic amines is 1. The molecular weight excluding hydrogens is 344 g/mol. The van der Waals surface area contributed by atoms with Crippen LogP contribution in [0.4, 0.5) is 5.69 Å². The number of para-hydroxylation sites is 1. The number of aryl methyl sites for hydroxylation is 1. The minimum absolute atomic E-state index is 0.0342. The number of carbonyl (C=O) groups is 1. The summed E-state index contributed by atoms with van der Waals surface area (Å²) < 4.78 is 0. The Labute approximate surface area is 157 Å². The number of anilines is 1. The molecule has 1 amide bonds. The highest BCUT2D eigenvalue weighted by Gasteiger charge is 2.23. The van der Waals surface area contributed by atoms with Gasteiger partial charge in [0, 0.05) is 12.2 Å². The number of imidazole rings is 1. The summed E-state index contributed by atoms with van der Waals surface area (Å²) in [5.41, 5.74) is 3.83. The van der Waals surface area contributed by atoms with E-state index < -0.39 is 0 Å². The number of rotatable bonds is 6. The zero-order valence-electron chi connectivity index (χ0n) is 14.8. The fraction of sp³-hybridized carbons (Fsp3) is 0.250. The SMILES string of the molecule is Cc1ccc2nc(SC(C)C(=O)N(CCC#N)c3ccccc3)[nH]c2c1. The number of nitrogens with one attached hydrogen (secondary N) is 1. The first-order valence-corrected chi connectivity index (χ1v) is 9.33. The average molecular weight is 364 g/mol. The van der Waals surface area contributed by atoms with Gasteiger partial charge >= 0.3 is 0 Å². The monoisotopic (exact) mass is 364 g/mol. The molecule has 0 spiro atoms. The van der Waals surface area contributed by atoms with E-state index in [0.29, 0.717) is 13.0 Å². The Balaban J connectivity index is 1.78. The number of benzene rings is 2. The maximum atomic E-state index is 13.0. The third-order valence-corrected chi connectivity index (χ3v) is 5.00. The Morgan fingerprint density at radius 2 is 2.08 bits per heavy atom. The van der Waals surface area contributed by atoms with E-state index in [1.165, 1.54) is 11.8 Å². The molecule has 1 aromatic heterocycles. The van der Waals surface area contributed by atoms with Crippen LogP contribution in [0.15, 0.2) is 53.7 Å². The number of hydrogen-bond acceptors (Lipinski definition) is 4. The molecule has 26 heavy (non-hydrogen) atoms. The maximum absolute atomic E-state index is 13.0. The summed E-state index contributed by atoms with van der Waals surface area (Å²) in [7, 11) is 0.